The van der Waals surface area contributed by atoms with E-state index in [0.717, 1.165) is 54.2 Å². The standard InChI is InChI=1S/C24H30N2OS/c1-4-17-26(18-5-2)24(6-3)27-20-14-11-19(12-15-20)13-16-23-25-21-9-7-8-10-22(21)28-23/h7-16,24H,4-6,17-18H2,1-3H3/b16-13+. The predicted octanol–water partition coefficient (Wildman–Crippen LogP) is 6.70. The van der Waals surface area contributed by atoms with Crippen molar-refractivity contribution in [3.05, 3.63) is 59.1 Å². The van der Waals surface area contributed by atoms with Crippen LogP contribution in [0, 0.1) is 0 Å². The third-order valence-corrected chi connectivity index (χ3v) is 5.66. The van der Waals surface area contributed by atoms with Crippen molar-refractivity contribution in [2.24, 2.45) is 0 Å². The maximum Gasteiger partial charge on any atom is 0.152 e. The lowest BCUT2D eigenvalue weighted by atomic mass is 10.2. The number of thiazole rings is 1. The number of benzene rings is 2. The topological polar surface area (TPSA) is 25.4 Å². The molecule has 0 amide bonds. The van der Waals surface area contributed by atoms with Crippen molar-refractivity contribution < 1.29 is 4.74 Å². The van der Waals surface area contributed by atoms with Crippen LogP contribution >= 0.6 is 11.3 Å². The van der Waals surface area contributed by atoms with E-state index in [2.05, 4.69) is 85.3 Å². The fourth-order valence-corrected chi connectivity index (χ4v) is 4.20. The molecule has 0 N–H and O–H groups in total. The van der Waals surface area contributed by atoms with Gasteiger partial charge in [0.25, 0.3) is 0 Å². The lowest BCUT2D eigenvalue weighted by Crippen LogP contribution is -2.40. The minimum absolute atomic E-state index is 0.143. The predicted molar refractivity (Wildman–Crippen MR) is 122 cm³/mol. The Morgan fingerprint density at radius 2 is 1.68 bits per heavy atom. The number of hydrogen-bond donors (Lipinski definition) is 0. The number of para-hydroxylation sites is 1. The van der Waals surface area contributed by atoms with Crippen molar-refractivity contribution in [2.45, 2.75) is 46.3 Å². The van der Waals surface area contributed by atoms with Crippen LogP contribution in [0.25, 0.3) is 22.4 Å². The summed E-state index contributed by atoms with van der Waals surface area (Å²) in [6.45, 7) is 8.80. The molecule has 3 rings (SSSR count). The molecule has 1 atom stereocenters. The molecule has 28 heavy (non-hydrogen) atoms. The van der Waals surface area contributed by atoms with E-state index in [0.29, 0.717) is 0 Å². The van der Waals surface area contributed by atoms with Gasteiger partial charge in [-0.3, -0.25) is 4.90 Å². The Balaban J connectivity index is 1.65. The van der Waals surface area contributed by atoms with E-state index in [1.165, 1.54) is 4.70 Å². The minimum Gasteiger partial charge on any atom is -0.475 e. The van der Waals surface area contributed by atoms with Gasteiger partial charge in [0.1, 0.15) is 10.8 Å². The van der Waals surface area contributed by atoms with Gasteiger partial charge in [-0.15, -0.1) is 11.3 Å². The second-order valence-electron chi connectivity index (χ2n) is 6.94. The molecule has 2 aromatic carbocycles. The van der Waals surface area contributed by atoms with E-state index in [1.54, 1.807) is 11.3 Å². The van der Waals surface area contributed by atoms with Crippen LogP contribution in [0.15, 0.2) is 48.5 Å². The van der Waals surface area contributed by atoms with Gasteiger partial charge in [-0.05, 0) is 55.2 Å². The molecule has 0 fully saturated rings. The first-order valence-electron chi connectivity index (χ1n) is 10.3. The summed E-state index contributed by atoms with van der Waals surface area (Å²) in [6, 6.07) is 16.6. The van der Waals surface area contributed by atoms with Gasteiger partial charge in [-0.1, -0.05) is 51.1 Å². The number of nitrogens with zero attached hydrogens (tertiary/aromatic N) is 2. The summed E-state index contributed by atoms with van der Waals surface area (Å²) >= 11 is 1.72. The fourth-order valence-electron chi connectivity index (χ4n) is 3.33. The molecule has 0 saturated carbocycles. The Labute approximate surface area is 172 Å². The van der Waals surface area contributed by atoms with Crippen molar-refractivity contribution in [1.82, 2.24) is 9.88 Å². The highest BCUT2D eigenvalue weighted by atomic mass is 32.1. The fraction of sp³-hybridized carbons (Fsp3) is 0.375. The summed E-state index contributed by atoms with van der Waals surface area (Å²) in [4.78, 5) is 7.10. The van der Waals surface area contributed by atoms with E-state index >= 15 is 0 Å². The molecule has 0 aliphatic rings. The van der Waals surface area contributed by atoms with Crippen LogP contribution in [0.5, 0.6) is 5.75 Å². The summed E-state index contributed by atoms with van der Waals surface area (Å²) in [6.07, 6.45) is 7.62. The molecule has 4 heteroatoms. The first-order chi connectivity index (χ1) is 13.7. The van der Waals surface area contributed by atoms with Crippen molar-refractivity contribution in [3.63, 3.8) is 0 Å². The zero-order valence-corrected chi connectivity index (χ0v) is 17.9. The largest absolute Gasteiger partial charge is 0.475 e. The van der Waals surface area contributed by atoms with Gasteiger partial charge >= 0.3 is 0 Å². The van der Waals surface area contributed by atoms with Crippen molar-refractivity contribution >= 4 is 33.7 Å². The third kappa shape index (κ3) is 5.43. The third-order valence-electron chi connectivity index (χ3n) is 4.66. The molecule has 0 radical (unpaired) electrons. The molecule has 0 bridgehead atoms. The van der Waals surface area contributed by atoms with E-state index < -0.39 is 0 Å². The Kier molecular flexibility index (Phi) is 7.63. The molecule has 0 spiro atoms. The zero-order valence-electron chi connectivity index (χ0n) is 17.1. The number of fused-ring (bicyclic) bond motifs is 1. The molecule has 1 aromatic heterocycles. The van der Waals surface area contributed by atoms with Crippen molar-refractivity contribution in [3.8, 4) is 5.75 Å². The normalized spacial score (nSPS) is 12.9. The maximum atomic E-state index is 6.28. The van der Waals surface area contributed by atoms with Crippen LogP contribution in [-0.4, -0.2) is 29.2 Å². The molecule has 3 nitrogen and oxygen atoms in total. The first kappa shape index (κ1) is 20.6. The summed E-state index contributed by atoms with van der Waals surface area (Å²) < 4.78 is 7.50. The monoisotopic (exact) mass is 394 g/mol. The molecule has 0 aliphatic carbocycles. The van der Waals surface area contributed by atoms with Gasteiger partial charge in [0.05, 0.1) is 10.2 Å². The van der Waals surface area contributed by atoms with Gasteiger partial charge in [-0.25, -0.2) is 4.98 Å². The quantitative estimate of drug-likeness (QED) is 0.358. The second-order valence-corrected chi connectivity index (χ2v) is 8.00. The molecule has 3 aromatic rings. The minimum atomic E-state index is 0.143. The highest BCUT2D eigenvalue weighted by molar-refractivity contribution is 7.19. The van der Waals surface area contributed by atoms with Crippen LogP contribution in [-0.2, 0) is 0 Å². The average molecular weight is 395 g/mol. The highest BCUT2D eigenvalue weighted by Gasteiger charge is 2.16. The van der Waals surface area contributed by atoms with Crippen molar-refractivity contribution in [2.75, 3.05) is 13.1 Å². The number of rotatable bonds is 10. The van der Waals surface area contributed by atoms with Crippen LogP contribution in [0.2, 0.25) is 0 Å². The molecular formula is C24H30N2OS. The number of ether oxygens (including phenoxy) is 1. The summed E-state index contributed by atoms with van der Waals surface area (Å²) in [5.41, 5.74) is 2.21. The summed E-state index contributed by atoms with van der Waals surface area (Å²) in [5, 5.41) is 1.03. The van der Waals surface area contributed by atoms with Crippen LogP contribution < -0.4 is 4.74 Å². The first-order valence-corrected chi connectivity index (χ1v) is 11.1. The van der Waals surface area contributed by atoms with Crippen LogP contribution in [0.4, 0.5) is 0 Å². The smallest absolute Gasteiger partial charge is 0.152 e. The Bertz CT molecular complexity index is 846. The van der Waals surface area contributed by atoms with Crippen LogP contribution in [0.1, 0.15) is 50.6 Å². The summed E-state index contributed by atoms with van der Waals surface area (Å²) in [7, 11) is 0. The lowest BCUT2D eigenvalue weighted by Gasteiger charge is -2.30. The number of aromatic nitrogens is 1. The molecular weight excluding hydrogens is 364 g/mol. The van der Waals surface area contributed by atoms with Crippen molar-refractivity contribution in [1.29, 1.82) is 0 Å². The molecule has 0 saturated heterocycles. The molecule has 148 valence electrons. The Hall–Kier alpha value is -2.17. The van der Waals surface area contributed by atoms with Crippen LogP contribution in [0.3, 0.4) is 0 Å². The van der Waals surface area contributed by atoms with Gasteiger partial charge in [0.15, 0.2) is 6.23 Å². The van der Waals surface area contributed by atoms with Gasteiger partial charge in [0.2, 0.25) is 0 Å². The van der Waals surface area contributed by atoms with E-state index in [9.17, 15) is 0 Å². The highest BCUT2D eigenvalue weighted by Crippen LogP contribution is 2.24. The number of hydrogen-bond acceptors (Lipinski definition) is 4. The van der Waals surface area contributed by atoms with E-state index in [-0.39, 0.29) is 6.23 Å². The zero-order chi connectivity index (χ0) is 19.8. The molecule has 1 heterocycles. The van der Waals surface area contributed by atoms with E-state index in [4.69, 9.17) is 4.74 Å². The Morgan fingerprint density at radius 3 is 2.32 bits per heavy atom. The van der Waals surface area contributed by atoms with Gasteiger partial charge in [-0.2, -0.15) is 0 Å². The Morgan fingerprint density at radius 1 is 0.964 bits per heavy atom. The van der Waals surface area contributed by atoms with Gasteiger partial charge in [0, 0.05) is 13.1 Å². The lowest BCUT2D eigenvalue weighted by molar-refractivity contribution is 0.0221. The molecule has 1 unspecified atom stereocenters. The average Bonchev–Trinajstić information content (AvgIpc) is 3.14. The summed E-state index contributed by atoms with van der Waals surface area (Å²) in [5.74, 6) is 0.932. The van der Waals surface area contributed by atoms with E-state index in [1.807, 2.05) is 6.07 Å². The second kappa shape index (κ2) is 10.4. The maximum absolute atomic E-state index is 6.28. The SMILES string of the molecule is CCCN(CCC)C(CC)Oc1ccc(/C=C/c2nc3ccccc3s2)cc1. The molecule has 0 aliphatic heterocycles. The van der Waals surface area contributed by atoms with Gasteiger partial charge < -0.3 is 4.74 Å².